The summed E-state index contributed by atoms with van der Waals surface area (Å²) in [4.78, 5) is 13.6. The van der Waals surface area contributed by atoms with Crippen molar-refractivity contribution in [3.05, 3.63) is 0 Å². The Balaban J connectivity index is 2.54. The van der Waals surface area contributed by atoms with Gasteiger partial charge in [0.05, 0.1) is 12.6 Å². The molecule has 1 heterocycles. The van der Waals surface area contributed by atoms with Crippen molar-refractivity contribution in [2.75, 3.05) is 33.8 Å². The lowest BCUT2D eigenvalue weighted by molar-refractivity contribution is 0.0251. The van der Waals surface area contributed by atoms with Crippen molar-refractivity contribution in [3.63, 3.8) is 0 Å². The molecule has 1 amide bonds. The lowest BCUT2D eigenvalue weighted by Gasteiger charge is -2.24. The third-order valence-electron chi connectivity index (χ3n) is 2.80. The molecule has 1 N–H and O–H groups in total. The van der Waals surface area contributed by atoms with E-state index in [1.807, 2.05) is 27.8 Å². The molecule has 1 saturated heterocycles. The molecule has 1 fully saturated rings. The number of likely N-dealkylation sites (tertiary alicyclic amines) is 1. The zero-order chi connectivity index (χ0) is 13.1. The summed E-state index contributed by atoms with van der Waals surface area (Å²) in [6.45, 7) is 7.77. The van der Waals surface area contributed by atoms with Crippen LogP contribution < -0.4 is 5.32 Å². The normalized spacial score (nSPS) is 25.1. The van der Waals surface area contributed by atoms with E-state index in [1.165, 1.54) is 0 Å². The summed E-state index contributed by atoms with van der Waals surface area (Å²) in [7, 11) is 3.59. The molecule has 2 atom stereocenters. The van der Waals surface area contributed by atoms with E-state index in [1.54, 1.807) is 12.0 Å². The van der Waals surface area contributed by atoms with Crippen LogP contribution in [-0.2, 0) is 9.47 Å². The van der Waals surface area contributed by atoms with E-state index in [4.69, 9.17) is 9.47 Å². The molecule has 0 aromatic rings. The first kappa shape index (κ1) is 14.3. The SMILES string of the molecule is CNC[C@@H]1CN(C(=O)OC(C)(C)C)C[C@@H]1OC. The fraction of sp³-hybridized carbons (Fsp3) is 0.917. The Morgan fingerprint density at radius 3 is 2.53 bits per heavy atom. The van der Waals surface area contributed by atoms with Crippen LogP contribution in [0.3, 0.4) is 0 Å². The van der Waals surface area contributed by atoms with Gasteiger partial charge in [0.2, 0.25) is 0 Å². The van der Waals surface area contributed by atoms with E-state index in [9.17, 15) is 4.79 Å². The van der Waals surface area contributed by atoms with Gasteiger partial charge in [0, 0.05) is 26.1 Å². The Morgan fingerprint density at radius 2 is 2.06 bits per heavy atom. The van der Waals surface area contributed by atoms with Crippen LogP contribution in [0.15, 0.2) is 0 Å². The van der Waals surface area contributed by atoms with E-state index >= 15 is 0 Å². The van der Waals surface area contributed by atoms with Gasteiger partial charge < -0.3 is 19.7 Å². The molecule has 0 aliphatic carbocycles. The number of hydrogen-bond acceptors (Lipinski definition) is 4. The van der Waals surface area contributed by atoms with Crippen molar-refractivity contribution in [3.8, 4) is 0 Å². The second kappa shape index (κ2) is 5.69. The van der Waals surface area contributed by atoms with E-state index in [0.29, 0.717) is 19.0 Å². The highest BCUT2D eigenvalue weighted by Gasteiger charge is 2.36. The smallest absolute Gasteiger partial charge is 0.410 e. The van der Waals surface area contributed by atoms with Crippen LogP contribution in [0.25, 0.3) is 0 Å². The van der Waals surface area contributed by atoms with Crippen LogP contribution in [0.1, 0.15) is 20.8 Å². The predicted molar refractivity (Wildman–Crippen MR) is 66.0 cm³/mol. The minimum absolute atomic E-state index is 0.0926. The number of amides is 1. The van der Waals surface area contributed by atoms with Gasteiger partial charge in [-0.1, -0.05) is 0 Å². The summed E-state index contributed by atoms with van der Waals surface area (Å²) in [5.41, 5.74) is -0.444. The molecule has 0 radical (unpaired) electrons. The van der Waals surface area contributed by atoms with Crippen molar-refractivity contribution >= 4 is 6.09 Å². The average Bonchev–Trinajstić information content (AvgIpc) is 2.59. The molecule has 0 unspecified atom stereocenters. The van der Waals surface area contributed by atoms with Gasteiger partial charge in [0.15, 0.2) is 0 Å². The van der Waals surface area contributed by atoms with E-state index in [0.717, 1.165) is 6.54 Å². The van der Waals surface area contributed by atoms with Crippen LogP contribution >= 0.6 is 0 Å². The minimum atomic E-state index is -0.444. The molecule has 1 aliphatic rings. The maximum atomic E-state index is 11.9. The summed E-state index contributed by atoms with van der Waals surface area (Å²) in [6.07, 6.45) is -0.159. The molecule has 5 heteroatoms. The lowest BCUT2D eigenvalue weighted by Crippen LogP contribution is -2.36. The van der Waals surface area contributed by atoms with Crippen LogP contribution in [0.2, 0.25) is 0 Å². The highest BCUT2D eigenvalue weighted by Crippen LogP contribution is 2.21. The number of rotatable bonds is 3. The first-order valence-electron chi connectivity index (χ1n) is 6.02. The standard InChI is InChI=1S/C12H24N2O3/c1-12(2,3)17-11(15)14-7-9(6-13-4)10(8-14)16-5/h9-10,13H,6-8H2,1-5H3/t9-,10+/m1/s1. The molecule has 0 spiro atoms. The maximum Gasteiger partial charge on any atom is 0.410 e. The molecule has 17 heavy (non-hydrogen) atoms. The van der Waals surface area contributed by atoms with Crippen LogP contribution in [0, 0.1) is 5.92 Å². The monoisotopic (exact) mass is 244 g/mol. The maximum absolute atomic E-state index is 11.9. The largest absolute Gasteiger partial charge is 0.444 e. The molecule has 0 aromatic heterocycles. The van der Waals surface area contributed by atoms with Crippen molar-refractivity contribution in [2.45, 2.75) is 32.5 Å². The molecule has 0 aromatic carbocycles. The highest BCUT2D eigenvalue weighted by atomic mass is 16.6. The average molecular weight is 244 g/mol. The number of carbonyl (C=O) groups is 1. The fourth-order valence-corrected chi connectivity index (χ4v) is 2.04. The molecule has 1 rings (SSSR count). The van der Waals surface area contributed by atoms with Crippen LogP contribution in [0.4, 0.5) is 4.79 Å². The summed E-state index contributed by atoms with van der Waals surface area (Å²) >= 11 is 0. The number of nitrogens with one attached hydrogen (secondary N) is 1. The second-order valence-corrected chi connectivity index (χ2v) is 5.48. The van der Waals surface area contributed by atoms with Gasteiger partial charge in [-0.15, -0.1) is 0 Å². The molecule has 5 nitrogen and oxygen atoms in total. The van der Waals surface area contributed by atoms with Gasteiger partial charge in [0.25, 0.3) is 0 Å². The Hall–Kier alpha value is -0.810. The van der Waals surface area contributed by atoms with E-state index in [2.05, 4.69) is 5.32 Å². The predicted octanol–water partition coefficient (Wildman–Crippen LogP) is 1.09. The van der Waals surface area contributed by atoms with Gasteiger partial charge in [-0.05, 0) is 27.8 Å². The summed E-state index contributed by atoms with van der Waals surface area (Å²) in [5.74, 6) is 0.331. The number of ether oxygens (including phenoxy) is 2. The van der Waals surface area contributed by atoms with Gasteiger partial charge in [-0.3, -0.25) is 0 Å². The third-order valence-corrected chi connectivity index (χ3v) is 2.80. The summed E-state index contributed by atoms with van der Waals surface area (Å²) in [6, 6.07) is 0. The third kappa shape index (κ3) is 4.16. The quantitative estimate of drug-likeness (QED) is 0.807. The lowest BCUT2D eigenvalue weighted by atomic mass is 10.1. The van der Waals surface area contributed by atoms with Gasteiger partial charge in [-0.2, -0.15) is 0 Å². The Labute approximate surface area is 103 Å². The van der Waals surface area contributed by atoms with E-state index in [-0.39, 0.29) is 12.2 Å². The molecule has 0 bridgehead atoms. The Kier molecular flexibility index (Phi) is 4.77. The van der Waals surface area contributed by atoms with Crippen LogP contribution in [0.5, 0.6) is 0 Å². The number of methoxy groups -OCH3 is 1. The second-order valence-electron chi connectivity index (χ2n) is 5.48. The minimum Gasteiger partial charge on any atom is -0.444 e. The highest BCUT2D eigenvalue weighted by molar-refractivity contribution is 5.68. The topological polar surface area (TPSA) is 50.8 Å². The van der Waals surface area contributed by atoms with E-state index < -0.39 is 5.60 Å². The fourth-order valence-electron chi connectivity index (χ4n) is 2.04. The number of hydrogen-bond donors (Lipinski definition) is 1. The Morgan fingerprint density at radius 1 is 1.41 bits per heavy atom. The molecule has 0 saturated carbocycles. The van der Waals surface area contributed by atoms with Gasteiger partial charge >= 0.3 is 6.09 Å². The van der Waals surface area contributed by atoms with Crippen molar-refractivity contribution in [1.29, 1.82) is 0 Å². The van der Waals surface area contributed by atoms with Gasteiger partial charge in [-0.25, -0.2) is 4.79 Å². The first-order valence-corrected chi connectivity index (χ1v) is 6.02. The van der Waals surface area contributed by atoms with Crippen molar-refractivity contribution < 1.29 is 14.3 Å². The summed E-state index contributed by atoms with van der Waals surface area (Å²) < 4.78 is 10.7. The van der Waals surface area contributed by atoms with Crippen molar-refractivity contribution in [2.24, 2.45) is 5.92 Å². The molecule has 100 valence electrons. The van der Waals surface area contributed by atoms with Crippen LogP contribution in [-0.4, -0.2) is 56.5 Å². The molecule has 1 aliphatic heterocycles. The molecular formula is C12H24N2O3. The van der Waals surface area contributed by atoms with Gasteiger partial charge in [0.1, 0.15) is 5.60 Å². The first-order chi connectivity index (χ1) is 7.87. The summed E-state index contributed by atoms with van der Waals surface area (Å²) in [5, 5.41) is 3.12. The zero-order valence-corrected chi connectivity index (χ0v) is 11.4. The number of nitrogens with zero attached hydrogens (tertiary/aromatic N) is 1. The molecular weight excluding hydrogens is 220 g/mol. The Bertz CT molecular complexity index is 263. The zero-order valence-electron chi connectivity index (χ0n) is 11.4. The van der Waals surface area contributed by atoms with Crippen molar-refractivity contribution in [1.82, 2.24) is 10.2 Å². The number of carbonyl (C=O) groups excluding carboxylic acids is 1.